The Morgan fingerprint density at radius 1 is 1.05 bits per heavy atom. The van der Waals surface area contributed by atoms with Gasteiger partial charge in [0.25, 0.3) is 0 Å². The molecule has 0 aliphatic carbocycles. The van der Waals surface area contributed by atoms with Crippen LogP contribution >= 0.6 is 0 Å². The number of nitrogen functional groups attached to an aromatic ring is 1. The van der Waals surface area contributed by atoms with Crippen LogP contribution in [0.2, 0.25) is 0 Å². The zero-order chi connectivity index (χ0) is 14.4. The Morgan fingerprint density at radius 2 is 1.70 bits per heavy atom. The van der Waals surface area contributed by atoms with E-state index in [1.807, 2.05) is 37.4 Å². The van der Waals surface area contributed by atoms with Crippen molar-refractivity contribution in [2.45, 2.75) is 12.5 Å². The van der Waals surface area contributed by atoms with E-state index in [0.29, 0.717) is 12.2 Å². The molecule has 3 N–H and O–H groups in total. The molecule has 1 atom stereocenters. The largest absolute Gasteiger partial charge is 0.398 e. The Hall–Kier alpha value is -1.84. The van der Waals surface area contributed by atoms with Crippen LogP contribution in [0.3, 0.4) is 0 Å². The molecule has 2 aromatic carbocycles. The summed E-state index contributed by atoms with van der Waals surface area (Å²) in [6.07, 6.45) is 0.436. The minimum atomic E-state index is -0.544. The number of para-hydroxylation sites is 1. The Balaban J connectivity index is 1.85. The zero-order valence-electron chi connectivity index (χ0n) is 11.9. The summed E-state index contributed by atoms with van der Waals surface area (Å²) in [5.41, 5.74) is 8.65. The van der Waals surface area contributed by atoms with Gasteiger partial charge in [0.1, 0.15) is 0 Å². The molecule has 0 aliphatic heterocycles. The molecule has 2 aromatic rings. The first-order chi connectivity index (χ1) is 9.66. The Morgan fingerprint density at radius 3 is 2.40 bits per heavy atom. The first kappa shape index (κ1) is 14.6. The van der Waals surface area contributed by atoms with Crippen LogP contribution in [0.25, 0.3) is 0 Å². The normalized spacial score (nSPS) is 12.6. The average Bonchev–Trinajstić information content (AvgIpc) is 2.46. The van der Waals surface area contributed by atoms with Crippen LogP contribution in [-0.2, 0) is 6.42 Å². The number of aliphatic hydroxyl groups excluding tert-OH is 1. The van der Waals surface area contributed by atoms with Crippen LogP contribution in [0, 0.1) is 0 Å². The van der Waals surface area contributed by atoms with Crippen LogP contribution < -0.4 is 5.73 Å². The van der Waals surface area contributed by atoms with Gasteiger partial charge in [0, 0.05) is 24.3 Å². The van der Waals surface area contributed by atoms with E-state index in [-0.39, 0.29) is 0 Å². The summed E-state index contributed by atoms with van der Waals surface area (Å²) in [6, 6.07) is 17.9. The molecule has 0 saturated heterocycles. The summed E-state index contributed by atoms with van der Waals surface area (Å²) < 4.78 is 0. The van der Waals surface area contributed by atoms with E-state index in [9.17, 15) is 5.11 Å². The molecule has 2 rings (SSSR count). The van der Waals surface area contributed by atoms with E-state index in [4.69, 9.17) is 5.73 Å². The number of benzene rings is 2. The Kier molecular flexibility index (Phi) is 5.16. The number of anilines is 1. The highest BCUT2D eigenvalue weighted by Crippen LogP contribution is 2.20. The van der Waals surface area contributed by atoms with Crippen LogP contribution in [0.1, 0.15) is 17.2 Å². The lowest BCUT2D eigenvalue weighted by Gasteiger charge is -2.21. The lowest BCUT2D eigenvalue weighted by Crippen LogP contribution is -2.27. The first-order valence-corrected chi connectivity index (χ1v) is 6.92. The van der Waals surface area contributed by atoms with Crippen molar-refractivity contribution in [3.63, 3.8) is 0 Å². The van der Waals surface area contributed by atoms with Gasteiger partial charge in [-0.2, -0.15) is 0 Å². The van der Waals surface area contributed by atoms with Gasteiger partial charge in [-0.15, -0.1) is 0 Å². The van der Waals surface area contributed by atoms with Crippen LogP contribution in [-0.4, -0.2) is 30.1 Å². The van der Waals surface area contributed by atoms with Gasteiger partial charge < -0.3 is 15.7 Å². The van der Waals surface area contributed by atoms with Crippen molar-refractivity contribution in [3.8, 4) is 0 Å². The molecule has 106 valence electrons. The molecule has 3 nitrogen and oxygen atoms in total. The molecule has 1 unspecified atom stereocenters. The Bertz CT molecular complexity index is 528. The van der Waals surface area contributed by atoms with Gasteiger partial charge in [-0.25, -0.2) is 0 Å². The molecular weight excluding hydrogens is 248 g/mol. The average molecular weight is 270 g/mol. The summed E-state index contributed by atoms with van der Waals surface area (Å²) in [5.74, 6) is 0. The highest BCUT2D eigenvalue weighted by atomic mass is 16.3. The zero-order valence-corrected chi connectivity index (χ0v) is 11.9. The number of nitrogens with zero attached hydrogens (tertiary/aromatic N) is 1. The second kappa shape index (κ2) is 7.08. The lowest BCUT2D eigenvalue weighted by molar-refractivity contribution is 0.128. The van der Waals surface area contributed by atoms with Gasteiger partial charge >= 0.3 is 0 Å². The fourth-order valence-electron chi connectivity index (χ4n) is 2.26. The van der Waals surface area contributed by atoms with E-state index in [1.165, 1.54) is 5.56 Å². The number of rotatable bonds is 6. The van der Waals surface area contributed by atoms with E-state index in [0.717, 1.165) is 18.5 Å². The quantitative estimate of drug-likeness (QED) is 0.793. The smallest absolute Gasteiger partial charge is 0.0936 e. The minimum absolute atomic E-state index is 0.544. The fourth-order valence-corrected chi connectivity index (χ4v) is 2.26. The third-order valence-corrected chi connectivity index (χ3v) is 3.46. The van der Waals surface area contributed by atoms with Crippen molar-refractivity contribution in [2.75, 3.05) is 25.9 Å². The van der Waals surface area contributed by atoms with Crippen molar-refractivity contribution in [2.24, 2.45) is 0 Å². The summed E-state index contributed by atoms with van der Waals surface area (Å²) in [5, 5.41) is 10.2. The molecule has 0 amide bonds. The molecule has 0 saturated carbocycles. The number of likely N-dealkylation sites (N-methyl/N-ethyl adjacent to an activating group) is 1. The highest BCUT2D eigenvalue weighted by Gasteiger charge is 2.12. The van der Waals surface area contributed by atoms with Crippen LogP contribution in [0.5, 0.6) is 0 Å². The van der Waals surface area contributed by atoms with Gasteiger partial charge in [-0.1, -0.05) is 48.5 Å². The van der Waals surface area contributed by atoms with Crippen molar-refractivity contribution in [1.82, 2.24) is 4.90 Å². The highest BCUT2D eigenvalue weighted by molar-refractivity contribution is 5.47. The number of aliphatic hydroxyl groups is 1. The van der Waals surface area contributed by atoms with Gasteiger partial charge in [-0.3, -0.25) is 0 Å². The van der Waals surface area contributed by atoms with E-state index < -0.39 is 6.10 Å². The molecule has 0 aliphatic rings. The van der Waals surface area contributed by atoms with Crippen molar-refractivity contribution >= 4 is 5.69 Å². The summed E-state index contributed by atoms with van der Waals surface area (Å²) in [7, 11) is 2.02. The van der Waals surface area contributed by atoms with Gasteiger partial charge in [0.2, 0.25) is 0 Å². The molecule has 0 spiro atoms. The van der Waals surface area contributed by atoms with E-state index in [2.05, 4.69) is 29.2 Å². The minimum Gasteiger partial charge on any atom is -0.398 e. The van der Waals surface area contributed by atoms with Crippen molar-refractivity contribution in [1.29, 1.82) is 0 Å². The molecule has 0 aromatic heterocycles. The van der Waals surface area contributed by atoms with Gasteiger partial charge in [0.15, 0.2) is 0 Å². The molecular formula is C17H22N2O. The topological polar surface area (TPSA) is 49.5 Å². The predicted molar refractivity (Wildman–Crippen MR) is 83.5 cm³/mol. The maximum Gasteiger partial charge on any atom is 0.0936 e. The molecule has 0 bridgehead atoms. The lowest BCUT2D eigenvalue weighted by atomic mass is 10.1. The molecule has 0 radical (unpaired) electrons. The molecule has 0 fully saturated rings. The van der Waals surface area contributed by atoms with Crippen molar-refractivity contribution < 1.29 is 5.11 Å². The summed E-state index contributed by atoms with van der Waals surface area (Å²) in [6.45, 7) is 1.49. The molecule has 3 heteroatoms. The number of hydrogen-bond donors (Lipinski definition) is 2. The fraction of sp³-hybridized carbons (Fsp3) is 0.294. The molecule has 20 heavy (non-hydrogen) atoms. The third kappa shape index (κ3) is 4.08. The van der Waals surface area contributed by atoms with E-state index in [1.54, 1.807) is 0 Å². The Labute approximate surface area is 120 Å². The predicted octanol–water partition coefficient (Wildman–Crippen LogP) is 2.48. The van der Waals surface area contributed by atoms with Gasteiger partial charge in [0.05, 0.1) is 6.10 Å². The second-order valence-corrected chi connectivity index (χ2v) is 5.14. The standard InChI is InChI=1S/C17H22N2O/c1-19(12-11-14-7-3-2-4-8-14)13-17(20)15-9-5-6-10-16(15)18/h2-10,17,20H,11-13,18H2,1H3. The van der Waals surface area contributed by atoms with Crippen LogP contribution in [0.4, 0.5) is 5.69 Å². The maximum absolute atomic E-state index is 10.2. The van der Waals surface area contributed by atoms with Crippen molar-refractivity contribution in [3.05, 3.63) is 65.7 Å². The molecule has 0 heterocycles. The maximum atomic E-state index is 10.2. The monoisotopic (exact) mass is 270 g/mol. The first-order valence-electron chi connectivity index (χ1n) is 6.92. The van der Waals surface area contributed by atoms with Gasteiger partial charge in [-0.05, 0) is 25.1 Å². The summed E-state index contributed by atoms with van der Waals surface area (Å²) >= 11 is 0. The number of hydrogen-bond acceptors (Lipinski definition) is 3. The SMILES string of the molecule is CN(CCc1ccccc1)CC(O)c1ccccc1N. The number of nitrogens with two attached hydrogens (primary N) is 1. The van der Waals surface area contributed by atoms with E-state index >= 15 is 0 Å². The third-order valence-electron chi connectivity index (χ3n) is 3.46. The van der Waals surface area contributed by atoms with Crippen LogP contribution in [0.15, 0.2) is 54.6 Å². The second-order valence-electron chi connectivity index (χ2n) is 5.14. The summed E-state index contributed by atoms with van der Waals surface area (Å²) in [4.78, 5) is 2.13.